The molecule has 1 nitrogen and oxygen atoms in total. The summed E-state index contributed by atoms with van der Waals surface area (Å²) in [6.45, 7) is 5.72. The summed E-state index contributed by atoms with van der Waals surface area (Å²) in [6.07, 6.45) is 28.3. The molecule has 3 aliphatic carbocycles. The van der Waals surface area contributed by atoms with Gasteiger partial charge in [-0.15, -0.1) is 0 Å². The van der Waals surface area contributed by atoms with Gasteiger partial charge in [-0.3, -0.25) is 0 Å². The van der Waals surface area contributed by atoms with Gasteiger partial charge in [0, 0.05) is 6.61 Å². The highest BCUT2D eigenvalue weighted by Gasteiger charge is 2.31. The van der Waals surface area contributed by atoms with Gasteiger partial charge in [0.2, 0.25) is 0 Å². The second kappa shape index (κ2) is 13.4. The van der Waals surface area contributed by atoms with E-state index in [4.69, 9.17) is 4.74 Å². The minimum atomic E-state index is 0.591. The minimum Gasteiger partial charge on any atom is -0.378 e. The van der Waals surface area contributed by atoms with E-state index < -0.39 is 0 Å². The maximum atomic E-state index is 6.42. The van der Waals surface area contributed by atoms with Gasteiger partial charge in [-0.2, -0.15) is 0 Å². The molecule has 0 aromatic carbocycles. The number of rotatable bonds is 11. The third kappa shape index (κ3) is 8.19. The van der Waals surface area contributed by atoms with Crippen molar-refractivity contribution < 1.29 is 4.74 Å². The largest absolute Gasteiger partial charge is 0.378 e. The van der Waals surface area contributed by atoms with Crippen molar-refractivity contribution in [2.45, 2.75) is 142 Å². The van der Waals surface area contributed by atoms with Crippen molar-refractivity contribution in [2.75, 3.05) is 6.61 Å². The molecule has 0 atom stereocenters. The van der Waals surface area contributed by atoms with Crippen LogP contribution in [0, 0.1) is 29.6 Å². The van der Waals surface area contributed by atoms with Gasteiger partial charge in [-0.1, -0.05) is 71.6 Å². The molecule has 0 bridgehead atoms. The molecule has 0 N–H and O–H groups in total. The lowest BCUT2D eigenvalue weighted by atomic mass is 9.69. The van der Waals surface area contributed by atoms with Crippen molar-refractivity contribution in [3.8, 4) is 0 Å². The van der Waals surface area contributed by atoms with Crippen LogP contribution in [0.25, 0.3) is 0 Å². The average molecular weight is 405 g/mol. The average Bonchev–Trinajstić information content (AvgIpc) is 2.78. The summed E-state index contributed by atoms with van der Waals surface area (Å²) < 4.78 is 6.42. The van der Waals surface area contributed by atoms with Crippen molar-refractivity contribution in [3.05, 3.63) is 0 Å². The third-order valence-electron chi connectivity index (χ3n) is 8.99. The fourth-order valence-corrected chi connectivity index (χ4v) is 6.81. The van der Waals surface area contributed by atoms with Crippen molar-refractivity contribution >= 4 is 0 Å². The highest BCUT2D eigenvalue weighted by molar-refractivity contribution is 4.82. The smallest absolute Gasteiger partial charge is 0.0575 e. The molecule has 0 aromatic heterocycles. The van der Waals surface area contributed by atoms with Crippen LogP contribution in [-0.2, 0) is 4.74 Å². The van der Waals surface area contributed by atoms with E-state index in [0.717, 1.165) is 36.2 Å². The van der Waals surface area contributed by atoms with Crippen LogP contribution in [-0.4, -0.2) is 12.7 Å². The predicted octanol–water partition coefficient (Wildman–Crippen LogP) is 8.95. The van der Waals surface area contributed by atoms with E-state index in [9.17, 15) is 0 Å². The van der Waals surface area contributed by atoms with Gasteiger partial charge in [0.25, 0.3) is 0 Å². The minimum absolute atomic E-state index is 0.591. The SMILES string of the molecule is CCCCCC1CCC(C2CCC(COC3CCC(CCCC)CC3)CC2)CC1. The molecule has 3 saturated carbocycles. The van der Waals surface area contributed by atoms with Gasteiger partial charge in [0.15, 0.2) is 0 Å². The van der Waals surface area contributed by atoms with Gasteiger partial charge < -0.3 is 4.74 Å². The van der Waals surface area contributed by atoms with Crippen molar-refractivity contribution in [1.29, 1.82) is 0 Å². The van der Waals surface area contributed by atoms with Crippen LogP contribution in [0.4, 0.5) is 0 Å². The zero-order valence-electron chi connectivity index (χ0n) is 20.0. The summed E-state index contributed by atoms with van der Waals surface area (Å²) in [6, 6.07) is 0. The molecule has 0 amide bonds. The normalized spacial score (nSPS) is 36.2. The van der Waals surface area contributed by atoms with Crippen LogP contribution >= 0.6 is 0 Å². The van der Waals surface area contributed by atoms with Crippen molar-refractivity contribution in [2.24, 2.45) is 29.6 Å². The first-order chi connectivity index (χ1) is 14.3. The molecule has 1 heteroatoms. The lowest BCUT2D eigenvalue weighted by Gasteiger charge is -2.38. The number of hydrogen-bond acceptors (Lipinski definition) is 1. The van der Waals surface area contributed by atoms with E-state index in [1.165, 1.54) is 96.3 Å². The first-order valence-electron chi connectivity index (χ1n) is 13.9. The molecule has 3 rings (SSSR count). The summed E-state index contributed by atoms with van der Waals surface area (Å²) in [7, 11) is 0. The molecule has 0 aromatic rings. The van der Waals surface area contributed by atoms with Gasteiger partial charge in [0.05, 0.1) is 6.10 Å². The van der Waals surface area contributed by atoms with E-state index in [1.54, 1.807) is 25.7 Å². The molecule has 3 fully saturated rings. The molecule has 0 saturated heterocycles. The number of unbranched alkanes of at least 4 members (excludes halogenated alkanes) is 3. The van der Waals surface area contributed by atoms with Crippen LogP contribution in [0.2, 0.25) is 0 Å². The molecule has 0 radical (unpaired) electrons. The summed E-state index contributed by atoms with van der Waals surface area (Å²) in [4.78, 5) is 0. The second-order valence-electron chi connectivity index (χ2n) is 11.2. The first kappa shape index (κ1) is 23.6. The van der Waals surface area contributed by atoms with Crippen LogP contribution in [0.15, 0.2) is 0 Å². The Morgan fingerprint density at radius 3 is 1.55 bits per heavy atom. The summed E-state index contributed by atoms with van der Waals surface area (Å²) in [5.74, 6) is 5.07. The topological polar surface area (TPSA) is 9.23 Å². The summed E-state index contributed by atoms with van der Waals surface area (Å²) in [5.41, 5.74) is 0. The van der Waals surface area contributed by atoms with E-state index >= 15 is 0 Å². The molecular formula is C28H52O. The molecule has 29 heavy (non-hydrogen) atoms. The summed E-state index contributed by atoms with van der Waals surface area (Å²) >= 11 is 0. The molecular weight excluding hydrogens is 352 g/mol. The zero-order chi connectivity index (χ0) is 20.3. The van der Waals surface area contributed by atoms with E-state index in [1.807, 2.05) is 0 Å². The quantitative estimate of drug-likeness (QED) is 0.312. The first-order valence-corrected chi connectivity index (χ1v) is 13.9. The standard InChI is InChI=1S/C28H52O/c1-3-5-7-9-24-10-16-26(17-11-24)27-18-12-25(13-19-27)22-29-28-20-14-23(15-21-28)8-6-4-2/h23-28H,3-22H2,1-2H3. The number of ether oxygens (including phenoxy) is 1. The maximum Gasteiger partial charge on any atom is 0.0575 e. The van der Waals surface area contributed by atoms with Crippen molar-refractivity contribution in [1.82, 2.24) is 0 Å². The Morgan fingerprint density at radius 1 is 0.517 bits per heavy atom. The third-order valence-corrected chi connectivity index (χ3v) is 8.99. The molecule has 0 aliphatic heterocycles. The van der Waals surface area contributed by atoms with E-state index in [2.05, 4.69) is 13.8 Å². The van der Waals surface area contributed by atoms with Crippen LogP contribution < -0.4 is 0 Å². The monoisotopic (exact) mass is 404 g/mol. The van der Waals surface area contributed by atoms with E-state index in [-0.39, 0.29) is 0 Å². The Morgan fingerprint density at radius 2 is 1.00 bits per heavy atom. The fourth-order valence-electron chi connectivity index (χ4n) is 6.81. The Kier molecular flexibility index (Phi) is 10.9. The lowest BCUT2D eigenvalue weighted by molar-refractivity contribution is -0.0130. The second-order valence-corrected chi connectivity index (χ2v) is 11.2. The van der Waals surface area contributed by atoms with Gasteiger partial charge >= 0.3 is 0 Å². The fraction of sp³-hybridized carbons (Fsp3) is 1.00. The Labute approximate surface area is 183 Å². The van der Waals surface area contributed by atoms with Crippen LogP contribution in [0.1, 0.15) is 136 Å². The lowest BCUT2D eigenvalue weighted by Crippen LogP contribution is -2.29. The zero-order valence-corrected chi connectivity index (χ0v) is 20.0. The highest BCUT2D eigenvalue weighted by atomic mass is 16.5. The molecule has 0 unspecified atom stereocenters. The Hall–Kier alpha value is -0.0400. The molecule has 3 aliphatic rings. The van der Waals surface area contributed by atoms with Crippen LogP contribution in [0.3, 0.4) is 0 Å². The molecule has 0 spiro atoms. The van der Waals surface area contributed by atoms with Gasteiger partial charge in [-0.25, -0.2) is 0 Å². The molecule has 0 heterocycles. The maximum absolute atomic E-state index is 6.42. The van der Waals surface area contributed by atoms with Crippen LogP contribution in [0.5, 0.6) is 0 Å². The summed E-state index contributed by atoms with van der Waals surface area (Å²) in [5, 5.41) is 0. The van der Waals surface area contributed by atoms with Gasteiger partial charge in [-0.05, 0) is 93.8 Å². The van der Waals surface area contributed by atoms with Gasteiger partial charge in [0.1, 0.15) is 0 Å². The Balaban J connectivity index is 1.24. The predicted molar refractivity (Wildman–Crippen MR) is 126 cm³/mol. The van der Waals surface area contributed by atoms with Crippen molar-refractivity contribution in [3.63, 3.8) is 0 Å². The highest BCUT2D eigenvalue weighted by Crippen LogP contribution is 2.42. The molecule has 170 valence electrons. The number of hydrogen-bond donors (Lipinski definition) is 0. The Bertz CT molecular complexity index is 395. The van der Waals surface area contributed by atoms with E-state index in [0.29, 0.717) is 6.10 Å².